The number of carboxylic acids is 1. The van der Waals surface area contributed by atoms with Crippen molar-refractivity contribution in [2.24, 2.45) is 0 Å². The van der Waals surface area contributed by atoms with Crippen LogP contribution in [0.4, 0.5) is 5.69 Å². The Kier molecular flexibility index (Phi) is 2.05. The van der Waals surface area contributed by atoms with Gasteiger partial charge in [0.15, 0.2) is 0 Å². The molecule has 1 aromatic heterocycles. The number of nitro groups is 1. The number of H-pyrrole nitrogens is 1. The predicted octanol–water partition coefficient (Wildman–Crippen LogP) is -0.0968. The molecule has 6 heteroatoms. The van der Waals surface area contributed by atoms with E-state index in [-0.39, 0.29) is 22.6 Å². The molecule has 0 aliphatic rings. The average molecular weight is 183 g/mol. The lowest BCUT2D eigenvalue weighted by Gasteiger charge is -1.97. The van der Waals surface area contributed by atoms with E-state index in [4.69, 9.17) is 0 Å². The summed E-state index contributed by atoms with van der Waals surface area (Å²) in [5.41, 5.74) is -0.104. The van der Waals surface area contributed by atoms with E-state index in [1.807, 2.05) is 0 Å². The molecule has 0 saturated heterocycles. The molecule has 0 spiro atoms. The molecular formula is C7H7N2O4-. The van der Waals surface area contributed by atoms with E-state index < -0.39 is 10.9 Å². The molecule has 1 N–H and O–H groups in total. The van der Waals surface area contributed by atoms with Crippen LogP contribution in [0, 0.1) is 24.0 Å². The van der Waals surface area contributed by atoms with Gasteiger partial charge in [0.05, 0.1) is 27.8 Å². The van der Waals surface area contributed by atoms with Crippen LogP contribution in [0.2, 0.25) is 0 Å². The summed E-state index contributed by atoms with van der Waals surface area (Å²) in [6.45, 7) is 2.81. The fourth-order valence-corrected chi connectivity index (χ4v) is 1.22. The lowest BCUT2D eigenvalue weighted by molar-refractivity contribution is -0.385. The number of hydrogen-bond donors (Lipinski definition) is 1. The molecule has 0 radical (unpaired) electrons. The highest BCUT2D eigenvalue weighted by atomic mass is 16.6. The van der Waals surface area contributed by atoms with Gasteiger partial charge in [0.25, 0.3) is 5.69 Å². The van der Waals surface area contributed by atoms with Crippen molar-refractivity contribution in [3.05, 3.63) is 27.1 Å². The number of carbonyl (C=O) groups is 1. The Balaban J connectivity index is 3.39. The van der Waals surface area contributed by atoms with Crippen LogP contribution in [-0.4, -0.2) is 15.9 Å². The molecule has 0 aromatic carbocycles. The zero-order valence-electron chi connectivity index (χ0n) is 7.08. The van der Waals surface area contributed by atoms with Gasteiger partial charge in [-0.25, -0.2) is 0 Å². The van der Waals surface area contributed by atoms with E-state index in [2.05, 4.69) is 4.98 Å². The zero-order chi connectivity index (χ0) is 10.2. The van der Waals surface area contributed by atoms with Crippen LogP contribution in [-0.2, 0) is 0 Å². The molecular weight excluding hydrogens is 176 g/mol. The first-order valence-electron chi connectivity index (χ1n) is 3.50. The Hall–Kier alpha value is -1.85. The molecule has 1 heterocycles. The Bertz CT molecular complexity index is 380. The first-order valence-corrected chi connectivity index (χ1v) is 3.50. The molecule has 1 aromatic rings. The summed E-state index contributed by atoms with van der Waals surface area (Å²) in [6, 6.07) is 0. The summed E-state index contributed by atoms with van der Waals surface area (Å²) < 4.78 is 0. The quantitative estimate of drug-likeness (QED) is 0.511. The predicted molar refractivity (Wildman–Crippen MR) is 41.3 cm³/mol. The van der Waals surface area contributed by atoms with Gasteiger partial charge in [0, 0.05) is 0 Å². The third-order valence-electron chi connectivity index (χ3n) is 1.78. The zero-order valence-corrected chi connectivity index (χ0v) is 7.08. The van der Waals surface area contributed by atoms with Gasteiger partial charge in [0.1, 0.15) is 0 Å². The van der Waals surface area contributed by atoms with Crippen molar-refractivity contribution >= 4 is 11.7 Å². The highest BCUT2D eigenvalue weighted by Gasteiger charge is 2.21. The van der Waals surface area contributed by atoms with Crippen molar-refractivity contribution in [3.8, 4) is 0 Å². The molecule has 13 heavy (non-hydrogen) atoms. The lowest BCUT2D eigenvalue weighted by Crippen LogP contribution is -2.23. The number of aryl methyl sites for hydroxylation is 1. The molecule has 70 valence electrons. The Morgan fingerprint density at radius 1 is 1.46 bits per heavy atom. The van der Waals surface area contributed by atoms with Crippen LogP contribution >= 0.6 is 0 Å². The molecule has 0 atom stereocenters. The first-order chi connectivity index (χ1) is 5.95. The monoisotopic (exact) mass is 183 g/mol. The molecule has 0 amide bonds. The van der Waals surface area contributed by atoms with E-state index >= 15 is 0 Å². The Morgan fingerprint density at radius 2 is 2.00 bits per heavy atom. The molecule has 0 fully saturated rings. The molecule has 0 unspecified atom stereocenters. The van der Waals surface area contributed by atoms with Gasteiger partial charge in [-0.05, 0) is 13.8 Å². The summed E-state index contributed by atoms with van der Waals surface area (Å²) in [6.07, 6.45) is 0. The highest BCUT2D eigenvalue weighted by molar-refractivity contribution is 5.87. The lowest BCUT2D eigenvalue weighted by atomic mass is 10.2. The molecule has 6 nitrogen and oxygen atoms in total. The fraction of sp³-hybridized carbons (Fsp3) is 0.286. The van der Waals surface area contributed by atoms with Crippen LogP contribution < -0.4 is 5.11 Å². The van der Waals surface area contributed by atoms with Gasteiger partial charge < -0.3 is 14.9 Å². The number of nitrogens with one attached hydrogen (secondary N) is 1. The van der Waals surface area contributed by atoms with Crippen molar-refractivity contribution in [2.45, 2.75) is 13.8 Å². The third kappa shape index (κ3) is 1.37. The van der Waals surface area contributed by atoms with Gasteiger partial charge in [-0.1, -0.05) is 0 Å². The standard InChI is InChI=1S/C7H8N2O4/c1-3-5(7(10)11)8-4(2)6(3)9(12)13/h8H,1-2H3,(H,10,11)/p-1. The van der Waals surface area contributed by atoms with E-state index in [0.717, 1.165) is 0 Å². The second-order valence-corrected chi connectivity index (χ2v) is 2.64. The number of aromatic nitrogens is 1. The number of nitrogens with zero attached hydrogens (tertiary/aromatic N) is 1. The maximum atomic E-state index is 10.5. The normalized spacial score (nSPS) is 10.0. The topological polar surface area (TPSA) is 99.1 Å². The smallest absolute Gasteiger partial charge is 0.293 e. The van der Waals surface area contributed by atoms with Crippen LogP contribution in [0.5, 0.6) is 0 Å². The van der Waals surface area contributed by atoms with Gasteiger partial charge in [-0.15, -0.1) is 0 Å². The molecule has 0 bridgehead atoms. The van der Waals surface area contributed by atoms with Gasteiger partial charge in [0.2, 0.25) is 0 Å². The highest BCUT2D eigenvalue weighted by Crippen LogP contribution is 2.24. The maximum absolute atomic E-state index is 10.5. The van der Waals surface area contributed by atoms with Gasteiger partial charge in [-0.2, -0.15) is 0 Å². The van der Waals surface area contributed by atoms with Crippen LogP contribution in [0.3, 0.4) is 0 Å². The molecule has 0 saturated carbocycles. The van der Waals surface area contributed by atoms with E-state index in [1.54, 1.807) is 0 Å². The Labute approximate surface area is 73.3 Å². The number of carboxylic acid groups (broad SMARTS) is 1. The summed E-state index contributed by atoms with van der Waals surface area (Å²) in [7, 11) is 0. The van der Waals surface area contributed by atoms with Crippen molar-refractivity contribution in [2.75, 3.05) is 0 Å². The van der Waals surface area contributed by atoms with Crippen LogP contribution in [0.15, 0.2) is 0 Å². The second-order valence-electron chi connectivity index (χ2n) is 2.64. The number of aromatic amines is 1. The van der Waals surface area contributed by atoms with Crippen molar-refractivity contribution in [1.29, 1.82) is 0 Å². The number of hydrogen-bond acceptors (Lipinski definition) is 4. The first kappa shape index (κ1) is 9.24. The third-order valence-corrected chi connectivity index (χ3v) is 1.78. The van der Waals surface area contributed by atoms with Crippen LogP contribution in [0.25, 0.3) is 0 Å². The maximum Gasteiger partial charge on any atom is 0.293 e. The largest absolute Gasteiger partial charge is 0.543 e. The number of aromatic carboxylic acids is 1. The minimum Gasteiger partial charge on any atom is -0.543 e. The van der Waals surface area contributed by atoms with E-state index in [1.165, 1.54) is 13.8 Å². The van der Waals surface area contributed by atoms with Gasteiger partial charge >= 0.3 is 0 Å². The van der Waals surface area contributed by atoms with E-state index in [0.29, 0.717) is 0 Å². The average Bonchev–Trinajstić information content (AvgIpc) is 2.26. The molecule has 0 aliphatic heterocycles. The molecule has 1 rings (SSSR count). The van der Waals surface area contributed by atoms with Gasteiger partial charge in [-0.3, -0.25) is 10.1 Å². The van der Waals surface area contributed by atoms with Crippen LogP contribution in [0.1, 0.15) is 21.7 Å². The summed E-state index contributed by atoms with van der Waals surface area (Å²) in [4.78, 5) is 22.7. The minimum atomic E-state index is -1.44. The fourth-order valence-electron chi connectivity index (χ4n) is 1.22. The number of carbonyl (C=O) groups excluding carboxylic acids is 1. The van der Waals surface area contributed by atoms with Crippen molar-refractivity contribution < 1.29 is 14.8 Å². The minimum absolute atomic E-state index is 0.0995. The molecule has 0 aliphatic carbocycles. The SMILES string of the molecule is Cc1[nH]c(C(=O)[O-])c(C)c1[N+](=O)[O-]. The van der Waals surface area contributed by atoms with Crippen molar-refractivity contribution in [3.63, 3.8) is 0 Å². The second kappa shape index (κ2) is 2.89. The van der Waals surface area contributed by atoms with Crippen molar-refractivity contribution in [1.82, 2.24) is 4.98 Å². The Morgan fingerprint density at radius 3 is 2.23 bits per heavy atom. The van der Waals surface area contributed by atoms with E-state index in [9.17, 15) is 20.0 Å². The summed E-state index contributed by atoms with van der Waals surface area (Å²) in [5.74, 6) is -1.44. The summed E-state index contributed by atoms with van der Waals surface area (Å²) in [5, 5.41) is 20.9. The number of rotatable bonds is 2. The summed E-state index contributed by atoms with van der Waals surface area (Å²) >= 11 is 0.